The fourth-order valence-corrected chi connectivity index (χ4v) is 3.57. The highest BCUT2D eigenvalue weighted by Gasteiger charge is 2.55. The summed E-state index contributed by atoms with van der Waals surface area (Å²) in [5.74, 6) is 0. The van der Waals surface area contributed by atoms with Gasteiger partial charge in [-0.15, -0.1) is 0 Å². The molecule has 0 aromatic carbocycles. The molecule has 2 aliphatic rings. The molecule has 17 heavy (non-hydrogen) atoms. The minimum absolute atomic E-state index is 0.0315. The van der Waals surface area contributed by atoms with Gasteiger partial charge in [-0.25, -0.2) is 0 Å². The van der Waals surface area contributed by atoms with E-state index in [-0.39, 0.29) is 29.8 Å². The summed E-state index contributed by atoms with van der Waals surface area (Å²) in [5.41, 5.74) is -0.0371. The van der Waals surface area contributed by atoms with E-state index in [9.17, 15) is 5.11 Å². The first-order valence-electron chi connectivity index (χ1n) is 6.41. The summed E-state index contributed by atoms with van der Waals surface area (Å²) in [6, 6.07) is 0. The molecular formula is C12H24O4Si. The molecule has 0 aromatic heterocycles. The van der Waals surface area contributed by atoms with Crippen LogP contribution in [0.4, 0.5) is 0 Å². The number of aliphatic hydroxyl groups is 1. The van der Waals surface area contributed by atoms with Crippen LogP contribution in [0.3, 0.4) is 0 Å². The number of aliphatic hydroxyl groups excluding tert-OH is 1. The first-order chi connectivity index (χ1) is 7.80. The van der Waals surface area contributed by atoms with Crippen molar-refractivity contribution in [2.45, 2.75) is 64.4 Å². The summed E-state index contributed by atoms with van der Waals surface area (Å²) in [6.07, 6.45) is -0.789. The molecule has 5 atom stereocenters. The van der Waals surface area contributed by atoms with Gasteiger partial charge >= 0.3 is 0 Å². The molecule has 4 nitrogen and oxygen atoms in total. The summed E-state index contributed by atoms with van der Waals surface area (Å²) in [6.45, 7) is 11.3. The first-order valence-corrected chi connectivity index (χ1v) is 9.19. The Morgan fingerprint density at radius 1 is 1.35 bits per heavy atom. The van der Waals surface area contributed by atoms with Gasteiger partial charge in [0.05, 0.1) is 12.7 Å². The lowest BCUT2D eigenvalue weighted by molar-refractivity contribution is -0.135. The van der Waals surface area contributed by atoms with Crippen molar-refractivity contribution in [1.82, 2.24) is 0 Å². The predicted molar refractivity (Wildman–Crippen MR) is 67.6 cm³/mol. The molecule has 2 aliphatic heterocycles. The van der Waals surface area contributed by atoms with E-state index in [1.54, 1.807) is 0 Å². The second kappa shape index (κ2) is 4.62. The molecule has 0 bridgehead atoms. The van der Waals surface area contributed by atoms with Gasteiger partial charge in [-0.3, -0.25) is 0 Å². The van der Waals surface area contributed by atoms with Crippen LogP contribution in [0.5, 0.6) is 0 Å². The van der Waals surface area contributed by atoms with E-state index < -0.39 is 15.1 Å². The molecule has 5 unspecified atom stereocenters. The van der Waals surface area contributed by atoms with Crippen LogP contribution in [0.2, 0.25) is 13.1 Å². The van der Waals surface area contributed by atoms with Gasteiger partial charge in [0, 0.05) is 0 Å². The molecule has 2 saturated heterocycles. The quantitative estimate of drug-likeness (QED) is 0.606. The SMILES string of the molecule is C[SiH](C)OC(C1OCC2OC2C1O)C(C)(C)C. The molecule has 5 heteroatoms. The van der Waals surface area contributed by atoms with E-state index in [1.807, 2.05) is 0 Å². The van der Waals surface area contributed by atoms with Crippen LogP contribution in [0.15, 0.2) is 0 Å². The number of epoxide rings is 1. The standard InChI is InChI=1S/C12H24O4Si/c1-12(2,3)11(16-17(4)5)10-8(13)9-7(15-9)6-14-10/h7-11,13,17H,6H2,1-5H3. The van der Waals surface area contributed by atoms with Crippen LogP contribution in [0.25, 0.3) is 0 Å². The Morgan fingerprint density at radius 3 is 2.53 bits per heavy atom. The maximum absolute atomic E-state index is 10.2. The van der Waals surface area contributed by atoms with Crippen LogP contribution >= 0.6 is 0 Å². The van der Waals surface area contributed by atoms with Gasteiger partial charge in [0.15, 0.2) is 9.04 Å². The van der Waals surface area contributed by atoms with Crippen LogP contribution in [0, 0.1) is 5.41 Å². The van der Waals surface area contributed by atoms with Crippen molar-refractivity contribution in [3.63, 3.8) is 0 Å². The van der Waals surface area contributed by atoms with Crippen LogP contribution in [-0.2, 0) is 13.9 Å². The lowest BCUT2D eigenvalue weighted by Gasteiger charge is -2.41. The summed E-state index contributed by atoms with van der Waals surface area (Å²) >= 11 is 0. The van der Waals surface area contributed by atoms with E-state index in [2.05, 4.69) is 33.9 Å². The molecule has 0 aromatic rings. The molecule has 0 saturated carbocycles. The van der Waals surface area contributed by atoms with Crippen molar-refractivity contribution in [3.8, 4) is 0 Å². The molecule has 100 valence electrons. The van der Waals surface area contributed by atoms with Crippen LogP contribution in [0.1, 0.15) is 20.8 Å². The number of ether oxygens (including phenoxy) is 2. The summed E-state index contributed by atoms with van der Waals surface area (Å²) < 4.78 is 17.2. The highest BCUT2D eigenvalue weighted by atomic mass is 28.3. The Balaban J connectivity index is 2.08. The van der Waals surface area contributed by atoms with Gasteiger partial charge < -0.3 is 19.0 Å². The second-order valence-electron chi connectivity index (χ2n) is 6.40. The first kappa shape index (κ1) is 13.5. The van der Waals surface area contributed by atoms with Gasteiger partial charge in [0.25, 0.3) is 0 Å². The summed E-state index contributed by atoms with van der Waals surface area (Å²) in [7, 11) is -1.17. The molecule has 0 aliphatic carbocycles. The number of hydrogen-bond acceptors (Lipinski definition) is 4. The van der Waals surface area contributed by atoms with E-state index in [1.165, 1.54) is 0 Å². The fourth-order valence-electron chi connectivity index (χ4n) is 2.42. The normalized spacial score (nSPS) is 39.0. The molecule has 1 N–H and O–H groups in total. The largest absolute Gasteiger partial charge is 0.414 e. The monoisotopic (exact) mass is 260 g/mol. The molecule has 2 heterocycles. The van der Waals surface area contributed by atoms with Gasteiger partial charge in [-0.2, -0.15) is 0 Å². The zero-order valence-electron chi connectivity index (χ0n) is 11.3. The average Bonchev–Trinajstić information content (AvgIpc) is 2.93. The van der Waals surface area contributed by atoms with Gasteiger partial charge in [0.2, 0.25) is 0 Å². The van der Waals surface area contributed by atoms with Crippen molar-refractivity contribution in [1.29, 1.82) is 0 Å². The Hall–Kier alpha value is 0.0569. The van der Waals surface area contributed by atoms with E-state index in [0.717, 1.165) is 0 Å². The van der Waals surface area contributed by atoms with Gasteiger partial charge in [-0.1, -0.05) is 20.8 Å². The summed E-state index contributed by atoms with van der Waals surface area (Å²) in [4.78, 5) is 0. The predicted octanol–water partition coefficient (Wildman–Crippen LogP) is 0.928. The molecule has 2 rings (SSSR count). The number of rotatable bonds is 3. The smallest absolute Gasteiger partial charge is 0.171 e. The van der Waals surface area contributed by atoms with Crippen LogP contribution < -0.4 is 0 Å². The Morgan fingerprint density at radius 2 is 2.00 bits per heavy atom. The maximum Gasteiger partial charge on any atom is 0.171 e. The minimum Gasteiger partial charge on any atom is -0.414 e. The van der Waals surface area contributed by atoms with Crippen molar-refractivity contribution in [2.24, 2.45) is 5.41 Å². The highest BCUT2D eigenvalue weighted by molar-refractivity contribution is 6.48. The molecule has 0 spiro atoms. The maximum atomic E-state index is 10.2. The Kier molecular flexibility index (Phi) is 3.67. The Labute approximate surface area is 105 Å². The topological polar surface area (TPSA) is 51.2 Å². The number of fused-ring (bicyclic) bond motifs is 1. The zero-order chi connectivity index (χ0) is 12.8. The van der Waals surface area contributed by atoms with E-state index in [0.29, 0.717) is 6.61 Å². The lowest BCUT2D eigenvalue weighted by atomic mass is 9.82. The molecule has 0 amide bonds. The fraction of sp³-hybridized carbons (Fsp3) is 1.00. The minimum atomic E-state index is -1.17. The number of hydrogen-bond donors (Lipinski definition) is 1. The van der Waals surface area contributed by atoms with Crippen LogP contribution in [-0.4, -0.2) is 51.3 Å². The molecule has 2 fully saturated rings. The van der Waals surface area contributed by atoms with Crippen molar-refractivity contribution in [2.75, 3.05) is 6.61 Å². The third-order valence-corrected chi connectivity index (χ3v) is 4.16. The molecular weight excluding hydrogens is 236 g/mol. The molecule has 0 radical (unpaired) electrons. The third kappa shape index (κ3) is 2.90. The lowest BCUT2D eigenvalue weighted by Crippen LogP contribution is -2.53. The van der Waals surface area contributed by atoms with Gasteiger partial charge in [0.1, 0.15) is 24.4 Å². The van der Waals surface area contributed by atoms with E-state index >= 15 is 0 Å². The second-order valence-corrected chi connectivity index (χ2v) is 8.77. The Bertz CT molecular complexity index is 276. The van der Waals surface area contributed by atoms with E-state index in [4.69, 9.17) is 13.9 Å². The summed E-state index contributed by atoms with van der Waals surface area (Å²) in [5, 5.41) is 10.2. The highest BCUT2D eigenvalue weighted by Crippen LogP contribution is 2.38. The average molecular weight is 260 g/mol. The third-order valence-electron chi connectivity index (χ3n) is 3.32. The van der Waals surface area contributed by atoms with Crippen molar-refractivity contribution in [3.05, 3.63) is 0 Å². The van der Waals surface area contributed by atoms with Crippen molar-refractivity contribution < 1.29 is 19.0 Å². The van der Waals surface area contributed by atoms with Crippen molar-refractivity contribution >= 4 is 9.04 Å². The van der Waals surface area contributed by atoms with Gasteiger partial charge in [-0.05, 0) is 18.5 Å². The zero-order valence-corrected chi connectivity index (χ0v) is 12.5.